The van der Waals surface area contributed by atoms with Crippen molar-refractivity contribution in [2.24, 2.45) is 5.92 Å². The van der Waals surface area contributed by atoms with Crippen LogP contribution in [0.2, 0.25) is 5.02 Å². The molecule has 118 valence electrons. The van der Waals surface area contributed by atoms with Crippen molar-refractivity contribution in [2.75, 3.05) is 0 Å². The molecule has 1 heterocycles. The van der Waals surface area contributed by atoms with Crippen molar-refractivity contribution in [2.45, 2.75) is 38.3 Å². The summed E-state index contributed by atoms with van der Waals surface area (Å²) < 4.78 is 0. The summed E-state index contributed by atoms with van der Waals surface area (Å²) in [6.45, 7) is 2.20. The molecule has 3 heteroatoms. The zero-order valence-corrected chi connectivity index (χ0v) is 14.0. The van der Waals surface area contributed by atoms with Crippen LogP contribution in [0.3, 0.4) is 0 Å². The van der Waals surface area contributed by atoms with Crippen LogP contribution in [0, 0.1) is 5.92 Å². The third-order valence-corrected chi connectivity index (χ3v) is 5.72. The van der Waals surface area contributed by atoms with Crippen molar-refractivity contribution >= 4 is 17.5 Å². The number of hydrogen-bond acceptors (Lipinski definition) is 1. The van der Waals surface area contributed by atoms with Crippen LogP contribution in [0.15, 0.2) is 48.5 Å². The van der Waals surface area contributed by atoms with Gasteiger partial charge in [0.15, 0.2) is 0 Å². The van der Waals surface area contributed by atoms with Crippen molar-refractivity contribution in [3.05, 3.63) is 59.1 Å². The van der Waals surface area contributed by atoms with Crippen molar-refractivity contribution in [3.63, 3.8) is 0 Å². The molecule has 2 aliphatic rings. The average Bonchev–Trinajstić information content (AvgIpc) is 3.15. The molecule has 1 amide bonds. The molecule has 1 saturated carbocycles. The molecule has 0 aromatic heterocycles. The maximum Gasteiger partial charge on any atom is 0.254 e. The molecule has 0 unspecified atom stereocenters. The lowest BCUT2D eigenvalue weighted by atomic mass is 9.96. The number of benzene rings is 2. The molecule has 4 rings (SSSR count). The first-order valence-corrected chi connectivity index (χ1v) is 8.70. The van der Waals surface area contributed by atoms with Gasteiger partial charge < -0.3 is 4.90 Å². The lowest BCUT2D eigenvalue weighted by Crippen LogP contribution is -2.43. The molecule has 2 aromatic carbocycles. The molecule has 23 heavy (non-hydrogen) atoms. The van der Waals surface area contributed by atoms with E-state index in [2.05, 4.69) is 11.8 Å². The number of hydrogen-bond donors (Lipinski definition) is 0. The monoisotopic (exact) mass is 325 g/mol. The molecule has 2 aromatic rings. The zero-order chi connectivity index (χ0) is 16.0. The number of halogens is 1. The van der Waals surface area contributed by atoms with Crippen LogP contribution in [0.1, 0.15) is 36.5 Å². The van der Waals surface area contributed by atoms with E-state index in [0.29, 0.717) is 23.0 Å². The van der Waals surface area contributed by atoms with Crippen molar-refractivity contribution in [1.29, 1.82) is 0 Å². The molecular formula is C20H20ClNO. The maximum atomic E-state index is 13.2. The first-order chi connectivity index (χ1) is 11.1. The van der Waals surface area contributed by atoms with Crippen LogP contribution in [-0.4, -0.2) is 22.9 Å². The normalized spacial score (nSPS) is 25.8. The minimum atomic E-state index is 0.167. The quantitative estimate of drug-likeness (QED) is 0.759. The lowest BCUT2D eigenvalue weighted by molar-refractivity contribution is 0.0615. The third-order valence-electron chi connectivity index (χ3n) is 5.49. The second kappa shape index (κ2) is 5.68. The van der Waals surface area contributed by atoms with Crippen molar-refractivity contribution in [3.8, 4) is 11.1 Å². The van der Waals surface area contributed by atoms with Crippen LogP contribution >= 0.6 is 11.6 Å². The number of nitrogens with zero attached hydrogens (tertiary/aromatic N) is 1. The highest BCUT2D eigenvalue weighted by Gasteiger charge is 2.46. The van der Waals surface area contributed by atoms with Crippen LogP contribution in [0.25, 0.3) is 11.1 Å². The van der Waals surface area contributed by atoms with Gasteiger partial charge in [-0.3, -0.25) is 4.79 Å². The summed E-state index contributed by atoms with van der Waals surface area (Å²) in [5.41, 5.74) is 2.75. The number of carbonyl (C=O) groups is 1. The number of likely N-dealkylation sites (tertiary alicyclic amines) is 1. The van der Waals surface area contributed by atoms with Gasteiger partial charge in [0, 0.05) is 22.7 Å². The minimum Gasteiger partial charge on any atom is -0.333 e. The highest BCUT2D eigenvalue weighted by atomic mass is 35.5. The van der Waals surface area contributed by atoms with E-state index in [0.717, 1.165) is 23.1 Å². The highest BCUT2D eigenvalue weighted by molar-refractivity contribution is 6.30. The Hall–Kier alpha value is -1.80. The van der Waals surface area contributed by atoms with Gasteiger partial charge in [0.1, 0.15) is 0 Å². The van der Waals surface area contributed by atoms with Gasteiger partial charge in [-0.1, -0.05) is 41.9 Å². The van der Waals surface area contributed by atoms with Gasteiger partial charge in [-0.25, -0.2) is 0 Å². The fraction of sp³-hybridized carbons (Fsp3) is 0.350. The molecule has 3 atom stereocenters. The Balaban J connectivity index is 1.74. The molecule has 2 bridgehead atoms. The molecule has 1 aliphatic carbocycles. The maximum absolute atomic E-state index is 13.2. The van der Waals surface area contributed by atoms with Crippen LogP contribution < -0.4 is 0 Å². The van der Waals surface area contributed by atoms with Crippen LogP contribution in [0.5, 0.6) is 0 Å². The summed E-state index contributed by atoms with van der Waals surface area (Å²) in [6.07, 6.45) is 3.60. The standard InChI is InChI=1S/C20H20ClNO/c1-13-14-9-10-17(12-14)22(13)20(23)19-8-3-2-7-18(19)15-5-4-6-16(21)11-15/h2-8,11,13-14,17H,9-10,12H2,1H3/t13-,14-,17+/m0/s1. The summed E-state index contributed by atoms with van der Waals surface area (Å²) in [5, 5.41) is 0.693. The second-order valence-corrected chi connectivity index (χ2v) is 7.17. The second-order valence-electron chi connectivity index (χ2n) is 6.74. The fourth-order valence-corrected chi connectivity index (χ4v) is 4.50. The zero-order valence-electron chi connectivity index (χ0n) is 13.2. The van der Waals surface area contributed by atoms with E-state index in [1.807, 2.05) is 48.5 Å². The van der Waals surface area contributed by atoms with Gasteiger partial charge in [0.05, 0.1) is 0 Å². The topological polar surface area (TPSA) is 20.3 Å². The van der Waals surface area contributed by atoms with E-state index < -0.39 is 0 Å². The lowest BCUT2D eigenvalue weighted by Gasteiger charge is -2.33. The van der Waals surface area contributed by atoms with E-state index in [1.165, 1.54) is 12.8 Å². The van der Waals surface area contributed by atoms with E-state index in [4.69, 9.17) is 11.6 Å². The number of carbonyl (C=O) groups excluding carboxylic acids is 1. The van der Waals surface area contributed by atoms with Gasteiger partial charge >= 0.3 is 0 Å². The van der Waals surface area contributed by atoms with Crippen LogP contribution in [0.4, 0.5) is 0 Å². The molecule has 1 saturated heterocycles. The SMILES string of the molecule is C[C@H]1[C@H]2CC[C@H](C2)N1C(=O)c1ccccc1-c1cccc(Cl)c1. The molecular weight excluding hydrogens is 306 g/mol. The summed E-state index contributed by atoms with van der Waals surface area (Å²) in [6, 6.07) is 16.4. The van der Waals surface area contributed by atoms with Crippen LogP contribution in [-0.2, 0) is 0 Å². The number of amides is 1. The Morgan fingerprint density at radius 3 is 2.70 bits per heavy atom. The third kappa shape index (κ3) is 2.46. The Labute approximate surface area is 142 Å². The first kappa shape index (κ1) is 14.8. The van der Waals surface area contributed by atoms with E-state index in [1.54, 1.807) is 0 Å². The van der Waals surface area contributed by atoms with E-state index in [9.17, 15) is 4.79 Å². The average molecular weight is 326 g/mol. The summed E-state index contributed by atoms with van der Waals surface area (Å²) in [5.74, 6) is 0.850. The Kier molecular flexibility index (Phi) is 3.65. The largest absolute Gasteiger partial charge is 0.333 e. The number of fused-ring (bicyclic) bond motifs is 2. The van der Waals surface area contributed by atoms with Crippen molar-refractivity contribution < 1.29 is 4.79 Å². The Morgan fingerprint density at radius 2 is 1.96 bits per heavy atom. The molecule has 0 spiro atoms. The smallest absolute Gasteiger partial charge is 0.254 e. The number of rotatable bonds is 2. The van der Waals surface area contributed by atoms with Crippen molar-refractivity contribution in [1.82, 2.24) is 4.90 Å². The summed E-state index contributed by atoms with van der Waals surface area (Å²) in [4.78, 5) is 15.3. The van der Waals surface area contributed by atoms with Gasteiger partial charge in [0.25, 0.3) is 5.91 Å². The Morgan fingerprint density at radius 1 is 1.13 bits per heavy atom. The number of piperidine rings is 1. The van der Waals surface area contributed by atoms with E-state index >= 15 is 0 Å². The molecule has 0 radical (unpaired) electrons. The minimum absolute atomic E-state index is 0.167. The molecule has 2 nitrogen and oxygen atoms in total. The molecule has 1 aliphatic heterocycles. The molecule has 2 fully saturated rings. The predicted octanol–water partition coefficient (Wildman–Crippen LogP) is 5.02. The summed E-state index contributed by atoms with van der Waals surface area (Å²) in [7, 11) is 0. The van der Waals surface area contributed by atoms with E-state index in [-0.39, 0.29) is 5.91 Å². The Bertz CT molecular complexity index is 755. The van der Waals surface area contributed by atoms with Gasteiger partial charge in [-0.2, -0.15) is 0 Å². The van der Waals surface area contributed by atoms with Gasteiger partial charge in [-0.15, -0.1) is 0 Å². The predicted molar refractivity (Wildman–Crippen MR) is 93.6 cm³/mol. The summed E-state index contributed by atoms with van der Waals surface area (Å²) >= 11 is 6.13. The fourth-order valence-electron chi connectivity index (χ4n) is 4.31. The van der Waals surface area contributed by atoms with Gasteiger partial charge in [-0.05, 0) is 61.4 Å². The van der Waals surface area contributed by atoms with Gasteiger partial charge in [0.2, 0.25) is 0 Å². The first-order valence-electron chi connectivity index (χ1n) is 8.33. The highest BCUT2D eigenvalue weighted by Crippen LogP contribution is 2.43. The molecule has 0 N–H and O–H groups in total.